The van der Waals surface area contributed by atoms with Gasteiger partial charge in [-0.1, -0.05) is 74.0 Å². The van der Waals surface area contributed by atoms with Crippen LogP contribution < -0.4 is 15.4 Å². The number of benzene rings is 2. The topological polar surface area (TPSA) is 128 Å². The Labute approximate surface area is 257 Å². The molecule has 2 aliphatic rings. The molecule has 2 aromatic carbocycles. The Bertz CT molecular complexity index is 1280. The lowest BCUT2D eigenvalue weighted by Gasteiger charge is -2.29. The maximum absolute atomic E-state index is 13.5. The van der Waals surface area contributed by atoms with Crippen molar-refractivity contribution in [3.05, 3.63) is 64.7 Å². The lowest BCUT2D eigenvalue weighted by Crippen LogP contribution is -2.54. The number of amides is 4. The van der Waals surface area contributed by atoms with Gasteiger partial charge < -0.3 is 30.3 Å². The number of nitrogens with zero attached hydrogens (tertiary/aromatic N) is 2. The predicted octanol–water partition coefficient (Wildman–Crippen LogP) is 4.59. The lowest BCUT2D eigenvalue weighted by molar-refractivity contribution is -0.142. The third-order valence-corrected chi connectivity index (χ3v) is 8.37. The van der Waals surface area contributed by atoms with Crippen LogP contribution in [0.15, 0.2) is 48.5 Å². The first kappa shape index (κ1) is 32.1. The van der Waals surface area contributed by atoms with E-state index in [1.807, 2.05) is 30.3 Å². The molecule has 1 fully saturated rings. The van der Waals surface area contributed by atoms with Crippen LogP contribution in [0.5, 0.6) is 5.75 Å². The number of rotatable bonds is 11. The second-order valence-corrected chi connectivity index (χ2v) is 11.9. The van der Waals surface area contributed by atoms with E-state index in [4.69, 9.17) is 16.3 Å². The molecule has 0 saturated heterocycles. The van der Waals surface area contributed by atoms with E-state index in [1.54, 1.807) is 30.1 Å². The van der Waals surface area contributed by atoms with Crippen molar-refractivity contribution in [2.75, 3.05) is 20.2 Å². The van der Waals surface area contributed by atoms with Gasteiger partial charge in [-0.2, -0.15) is 0 Å². The molecular formula is C32H41ClN4O6. The number of carboxylic acids is 1. The van der Waals surface area contributed by atoms with Crippen LogP contribution in [0.4, 0.5) is 4.79 Å². The van der Waals surface area contributed by atoms with Crippen molar-refractivity contribution in [1.29, 1.82) is 0 Å². The summed E-state index contributed by atoms with van der Waals surface area (Å²) in [5, 5.41) is 15.9. The molecule has 0 bridgehead atoms. The average molecular weight is 613 g/mol. The van der Waals surface area contributed by atoms with Crippen LogP contribution in [0.25, 0.3) is 0 Å². The molecule has 1 aliphatic heterocycles. The van der Waals surface area contributed by atoms with Gasteiger partial charge in [0.05, 0.1) is 6.54 Å². The minimum atomic E-state index is -1.28. The predicted molar refractivity (Wildman–Crippen MR) is 163 cm³/mol. The summed E-state index contributed by atoms with van der Waals surface area (Å²) in [6, 6.07) is 12.1. The van der Waals surface area contributed by atoms with E-state index >= 15 is 0 Å². The summed E-state index contributed by atoms with van der Waals surface area (Å²) in [6.07, 6.45) is 5.47. The summed E-state index contributed by atoms with van der Waals surface area (Å²) in [5.41, 5.74) is 1.73. The fourth-order valence-electron chi connectivity index (χ4n) is 5.72. The first-order valence-corrected chi connectivity index (χ1v) is 15.3. The molecule has 43 heavy (non-hydrogen) atoms. The number of hydrogen-bond donors (Lipinski definition) is 3. The van der Waals surface area contributed by atoms with E-state index in [0.29, 0.717) is 31.1 Å². The molecule has 4 amide bonds. The average Bonchev–Trinajstić information content (AvgIpc) is 3.22. The molecule has 11 heteroatoms. The molecule has 1 saturated carbocycles. The zero-order valence-corrected chi connectivity index (χ0v) is 25.4. The van der Waals surface area contributed by atoms with E-state index in [0.717, 1.165) is 49.0 Å². The van der Waals surface area contributed by atoms with Gasteiger partial charge in [-0.15, -0.1) is 0 Å². The third kappa shape index (κ3) is 9.61. The maximum Gasteiger partial charge on any atom is 0.326 e. The Morgan fingerprint density at radius 3 is 2.56 bits per heavy atom. The summed E-state index contributed by atoms with van der Waals surface area (Å²) in [5.74, 6) is -1.02. The first-order valence-electron chi connectivity index (χ1n) is 15.0. The van der Waals surface area contributed by atoms with Crippen LogP contribution in [0.3, 0.4) is 0 Å². The Morgan fingerprint density at radius 1 is 1.05 bits per heavy atom. The number of carboxylic acid groups (broad SMARTS) is 1. The molecule has 2 aromatic rings. The number of nitrogens with one attached hydrogen (secondary N) is 2. The van der Waals surface area contributed by atoms with Crippen molar-refractivity contribution in [2.24, 2.45) is 5.92 Å². The number of carbonyl (C=O) groups excluding carboxylic acids is 3. The third-order valence-electron chi connectivity index (χ3n) is 8.13. The van der Waals surface area contributed by atoms with E-state index in [9.17, 15) is 24.3 Å². The van der Waals surface area contributed by atoms with Crippen LogP contribution in [0, 0.1) is 5.92 Å². The highest BCUT2D eigenvalue weighted by Crippen LogP contribution is 2.28. The van der Waals surface area contributed by atoms with Gasteiger partial charge in [0, 0.05) is 37.1 Å². The zero-order chi connectivity index (χ0) is 30.8. The maximum atomic E-state index is 13.5. The van der Waals surface area contributed by atoms with Crippen molar-refractivity contribution < 1.29 is 29.0 Å². The highest BCUT2D eigenvalue weighted by atomic mass is 35.5. The molecule has 3 N–H and O–H groups in total. The zero-order valence-electron chi connectivity index (χ0n) is 24.6. The van der Waals surface area contributed by atoms with E-state index in [2.05, 4.69) is 10.6 Å². The fraction of sp³-hybridized carbons (Fsp3) is 0.500. The molecule has 1 aliphatic carbocycles. The lowest BCUT2D eigenvalue weighted by atomic mass is 9.84. The Kier molecular flexibility index (Phi) is 11.7. The number of ether oxygens (including phenoxy) is 1. The van der Waals surface area contributed by atoms with Gasteiger partial charge in [-0.25, -0.2) is 9.59 Å². The van der Waals surface area contributed by atoms with Gasteiger partial charge in [-0.3, -0.25) is 9.59 Å². The van der Waals surface area contributed by atoms with Crippen molar-refractivity contribution >= 4 is 35.4 Å². The van der Waals surface area contributed by atoms with Gasteiger partial charge >= 0.3 is 12.0 Å². The van der Waals surface area contributed by atoms with Crippen LogP contribution in [-0.2, 0) is 27.5 Å². The smallest absolute Gasteiger partial charge is 0.326 e. The second kappa shape index (κ2) is 15.6. The first-order chi connectivity index (χ1) is 20.7. The van der Waals surface area contributed by atoms with Crippen LogP contribution in [0.2, 0.25) is 5.02 Å². The van der Waals surface area contributed by atoms with Crippen molar-refractivity contribution in [1.82, 2.24) is 20.4 Å². The molecule has 1 heterocycles. The summed E-state index contributed by atoms with van der Waals surface area (Å²) in [7, 11) is 1.63. The highest BCUT2D eigenvalue weighted by molar-refractivity contribution is 6.30. The standard InChI is InChI=1S/C32H41ClN4O6/c1-36(20-23-10-7-12-25(33)18-23)32(42)35-27(19-22-8-3-2-4-9-22)30(39)34-26(31(40)41)14-15-29(38)37-16-17-43-28-13-6-5-11-24(28)21-37/h5-7,10-13,18,22,26-27H,2-4,8-9,14-17,19-21H2,1H3,(H,34,39)(H,35,42)(H,40,41). The van der Waals surface area contributed by atoms with Gasteiger partial charge in [0.15, 0.2) is 0 Å². The van der Waals surface area contributed by atoms with E-state index in [1.165, 1.54) is 4.90 Å². The summed E-state index contributed by atoms with van der Waals surface area (Å²) in [6.45, 7) is 1.39. The minimum absolute atomic E-state index is 0.0541. The number of halogens is 1. The number of aliphatic carboxylic acids is 1. The molecule has 4 rings (SSSR count). The molecule has 0 spiro atoms. The molecule has 2 atom stereocenters. The van der Waals surface area contributed by atoms with Gasteiger partial charge in [-0.05, 0) is 42.5 Å². The van der Waals surface area contributed by atoms with Crippen LogP contribution >= 0.6 is 11.6 Å². The molecule has 0 radical (unpaired) electrons. The number of hydrogen-bond acceptors (Lipinski definition) is 5. The summed E-state index contributed by atoms with van der Waals surface area (Å²) >= 11 is 6.08. The normalized spacial score (nSPS) is 16.6. The molecule has 2 unspecified atom stereocenters. The summed E-state index contributed by atoms with van der Waals surface area (Å²) < 4.78 is 5.73. The van der Waals surface area contributed by atoms with E-state index in [-0.39, 0.29) is 31.2 Å². The largest absolute Gasteiger partial charge is 0.491 e. The van der Waals surface area contributed by atoms with Crippen molar-refractivity contribution in [3.63, 3.8) is 0 Å². The van der Waals surface area contributed by atoms with Crippen molar-refractivity contribution in [3.8, 4) is 5.75 Å². The van der Waals surface area contributed by atoms with Crippen molar-refractivity contribution in [2.45, 2.75) is 76.5 Å². The SMILES string of the molecule is CN(Cc1cccc(Cl)c1)C(=O)NC(CC1CCCCC1)C(=O)NC(CCC(=O)N1CCOc2ccccc2C1)C(=O)O. The molecule has 10 nitrogen and oxygen atoms in total. The van der Waals surface area contributed by atoms with Crippen LogP contribution in [-0.4, -0.2) is 71.0 Å². The fourth-order valence-corrected chi connectivity index (χ4v) is 5.94. The van der Waals surface area contributed by atoms with Gasteiger partial charge in [0.25, 0.3) is 0 Å². The monoisotopic (exact) mass is 612 g/mol. The number of urea groups is 1. The second-order valence-electron chi connectivity index (χ2n) is 11.4. The Balaban J connectivity index is 1.37. The van der Waals surface area contributed by atoms with Crippen LogP contribution in [0.1, 0.15) is 62.5 Å². The number of para-hydroxylation sites is 1. The summed E-state index contributed by atoms with van der Waals surface area (Å²) in [4.78, 5) is 54.9. The highest BCUT2D eigenvalue weighted by Gasteiger charge is 2.31. The quantitative estimate of drug-likeness (QED) is 0.340. The minimum Gasteiger partial charge on any atom is -0.491 e. The Morgan fingerprint density at radius 2 is 1.81 bits per heavy atom. The molecular weight excluding hydrogens is 572 g/mol. The number of fused-ring (bicyclic) bond motifs is 1. The molecule has 0 aromatic heterocycles. The molecule has 232 valence electrons. The Hall–Kier alpha value is -3.79. The van der Waals surface area contributed by atoms with Gasteiger partial charge in [0.2, 0.25) is 11.8 Å². The number of carbonyl (C=O) groups is 4. The van der Waals surface area contributed by atoms with E-state index < -0.39 is 30.0 Å². The van der Waals surface area contributed by atoms with Gasteiger partial charge in [0.1, 0.15) is 24.4 Å².